The van der Waals surface area contributed by atoms with Crippen molar-refractivity contribution in [3.63, 3.8) is 0 Å². The van der Waals surface area contributed by atoms with Gasteiger partial charge in [-0.1, -0.05) is 28.9 Å². The zero-order valence-corrected chi connectivity index (χ0v) is 15.8. The fraction of sp³-hybridized carbons (Fsp3) is 0.333. The number of nitrogens with zero attached hydrogens (tertiary/aromatic N) is 4. The normalized spacial score (nSPS) is 15.9. The number of piperidine rings is 1. The molecule has 1 aliphatic heterocycles. The Bertz CT molecular complexity index is 868. The van der Waals surface area contributed by atoms with Gasteiger partial charge in [0.25, 0.3) is 0 Å². The van der Waals surface area contributed by atoms with Crippen LogP contribution in [-0.4, -0.2) is 39.5 Å². The van der Waals surface area contributed by atoms with Gasteiger partial charge in [-0.25, -0.2) is 9.07 Å². The van der Waals surface area contributed by atoms with Gasteiger partial charge in [-0.2, -0.15) is 0 Å². The number of likely N-dealkylation sites (tertiary alicyclic amines) is 1. The first-order chi connectivity index (χ1) is 13.2. The van der Waals surface area contributed by atoms with Gasteiger partial charge >= 0.3 is 0 Å². The van der Waals surface area contributed by atoms with Crippen LogP contribution in [0.3, 0.4) is 0 Å². The second-order valence-electron chi connectivity index (χ2n) is 7.06. The molecule has 0 radical (unpaired) electrons. The third-order valence-electron chi connectivity index (χ3n) is 5.24. The number of benzene rings is 2. The van der Waals surface area contributed by atoms with Gasteiger partial charge < -0.3 is 4.90 Å². The molecule has 0 aliphatic carbocycles. The average Bonchev–Trinajstić information content (AvgIpc) is 3.19. The van der Waals surface area contributed by atoms with Gasteiger partial charge in [-0.3, -0.25) is 0 Å². The molecule has 1 aromatic heterocycles. The van der Waals surface area contributed by atoms with E-state index in [1.165, 1.54) is 17.7 Å². The molecule has 0 spiro atoms. The lowest BCUT2D eigenvalue weighted by Gasteiger charge is -2.31. The van der Waals surface area contributed by atoms with Crippen LogP contribution in [0.1, 0.15) is 30.0 Å². The molecule has 0 amide bonds. The number of aromatic nitrogens is 3. The fourth-order valence-electron chi connectivity index (χ4n) is 3.57. The first kappa shape index (κ1) is 18.1. The van der Waals surface area contributed by atoms with E-state index >= 15 is 0 Å². The van der Waals surface area contributed by atoms with Crippen LogP contribution in [0.25, 0.3) is 5.69 Å². The predicted molar refractivity (Wildman–Crippen MR) is 105 cm³/mol. The molecule has 0 N–H and O–H groups in total. The first-order valence-electron chi connectivity index (χ1n) is 9.32. The van der Waals surface area contributed by atoms with Crippen molar-refractivity contribution in [1.29, 1.82) is 0 Å². The zero-order valence-electron chi connectivity index (χ0n) is 15.1. The Labute approximate surface area is 163 Å². The predicted octanol–water partition coefficient (Wildman–Crippen LogP) is 4.48. The highest BCUT2D eigenvalue weighted by molar-refractivity contribution is 6.30. The largest absolute Gasteiger partial charge is 0.303 e. The van der Waals surface area contributed by atoms with Gasteiger partial charge in [0.15, 0.2) is 0 Å². The molecule has 0 saturated carbocycles. The first-order valence-corrected chi connectivity index (χ1v) is 9.70. The van der Waals surface area contributed by atoms with Crippen molar-refractivity contribution in [2.75, 3.05) is 19.6 Å². The van der Waals surface area contributed by atoms with Crippen molar-refractivity contribution in [3.05, 3.63) is 76.8 Å². The molecule has 4 rings (SSSR count). The lowest BCUT2D eigenvalue weighted by molar-refractivity contribution is 0.213. The Morgan fingerprint density at radius 3 is 2.41 bits per heavy atom. The summed E-state index contributed by atoms with van der Waals surface area (Å²) in [6.07, 6.45) is 5.19. The molecule has 2 aromatic carbocycles. The Morgan fingerprint density at radius 2 is 1.70 bits per heavy atom. The smallest absolute Gasteiger partial charge is 0.123 e. The highest BCUT2D eigenvalue weighted by Crippen LogP contribution is 2.27. The summed E-state index contributed by atoms with van der Waals surface area (Å²) in [4.78, 5) is 2.51. The monoisotopic (exact) mass is 384 g/mol. The van der Waals surface area contributed by atoms with E-state index in [2.05, 4.69) is 27.3 Å². The minimum Gasteiger partial charge on any atom is -0.303 e. The van der Waals surface area contributed by atoms with Crippen LogP contribution in [0.15, 0.2) is 54.7 Å². The molecule has 1 aliphatic rings. The van der Waals surface area contributed by atoms with Crippen molar-refractivity contribution in [2.45, 2.75) is 25.2 Å². The minimum absolute atomic E-state index is 0.245. The summed E-state index contributed by atoms with van der Waals surface area (Å²) in [5.74, 6) is 0.191. The van der Waals surface area contributed by atoms with Crippen LogP contribution in [-0.2, 0) is 6.42 Å². The van der Waals surface area contributed by atoms with Gasteiger partial charge in [0.1, 0.15) is 5.82 Å². The summed E-state index contributed by atoms with van der Waals surface area (Å²) in [6.45, 7) is 3.21. The summed E-state index contributed by atoms with van der Waals surface area (Å²) < 4.78 is 14.8. The molecule has 140 valence electrons. The lowest BCUT2D eigenvalue weighted by Crippen LogP contribution is -2.34. The molecule has 4 nitrogen and oxygen atoms in total. The Morgan fingerprint density at radius 1 is 1.00 bits per heavy atom. The maximum Gasteiger partial charge on any atom is 0.123 e. The van der Waals surface area contributed by atoms with Gasteiger partial charge in [0.2, 0.25) is 0 Å². The molecule has 3 aromatic rings. The van der Waals surface area contributed by atoms with Crippen molar-refractivity contribution >= 4 is 11.6 Å². The van der Waals surface area contributed by atoms with Gasteiger partial charge in [0, 0.05) is 17.5 Å². The number of halogens is 2. The maximum absolute atomic E-state index is 13.1. The fourth-order valence-corrected chi connectivity index (χ4v) is 3.70. The van der Waals surface area contributed by atoms with Crippen molar-refractivity contribution in [3.8, 4) is 5.69 Å². The second kappa shape index (κ2) is 8.19. The number of hydrogen-bond donors (Lipinski definition) is 0. The Kier molecular flexibility index (Phi) is 5.50. The summed E-state index contributed by atoms with van der Waals surface area (Å²) in [6, 6.07) is 14.4. The third-order valence-corrected chi connectivity index (χ3v) is 5.49. The van der Waals surface area contributed by atoms with Gasteiger partial charge in [0.05, 0.1) is 17.6 Å². The van der Waals surface area contributed by atoms with Crippen molar-refractivity contribution in [2.24, 2.45) is 0 Å². The maximum atomic E-state index is 13.1. The van der Waals surface area contributed by atoms with E-state index in [1.807, 2.05) is 18.3 Å². The summed E-state index contributed by atoms with van der Waals surface area (Å²) >= 11 is 5.94. The van der Waals surface area contributed by atoms with Gasteiger partial charge in [-0.05, 0) is 74.3 Å². The quantitative estimate of drug-likeness (QED) is 0.650. The molecule has 0 bridgehead atoms. The van der Waals surface area contributed by atoms with Crippen LogP contribution >= 0.6 is 11.6 Å². The van der Waals surface area contributed by atoms with E-state index in [0.717, 1.165) is 55.3 Å². The number of rotatable bonds is 5. The third kappa shape index (κ3) is 4.54. The summed E-state index contributed by atoms with van der Waals surface area (Å²) in [5.41, 5.74) is 3.18. The molecule has 1 fully saturated rings. The highest BCUT2D eigenvalue weighted by Gasteiger charge is 2.22. The molecule has 6 heteroatoms. The van der Waals surface area contributed by atoms with E-state index in [1.54, 1.807) is 16.8 Å². The summed E-state index contributed by atoms with van der Waals surface area (Å²) in [5, 5.41) is 9.35. The van der Waals surface area contributed by atoms with Crippen LogP contribution in [0.5, 0.6) is 0 Å². The number of hydrogen-bond acceptors (Lipinski definition) is 3. The molecule has 27 heavy (non-hydrogen) atoms. The molecule has 0 unspecified atom stereocenters. The summed E-state index contributed by atoms with van der Waals surface area (Å²) in [7, 11) is 0. The van der Waals surface area contributed by atoms with Crippen molar-refractivity contribution in [1.82, 2.24) is 19.9 Å². The van der Waals surface area contributed by atoms with E-state index in [-0.39, 0.29) is 5.82 Å². The topological polar surface area (TPSA) is 34.0 Å². The molecular formula is C21H22ClFN4. The van der Waals surface area contributed by atoms with Crippen LogP contribution in [0, 0.1) is 5.82 Å². The second-order valence-corrected chi connectivity index (χ2v) is 7.49. The van der Waals surface area contributed by atoms with Crippen LogP contribution in [0.2, 0.25) is 5.02 Å². The highest BCUT2D eigenvalue weighted by atomic mass is 35.5. The SMILES string of the molecule is Fc1ccc(-n2cc(C3CCN(CCc4ccc(Cl)cc4)CC3)nn2)cc1. The Balaban J connectivity index is 1.30. The molecule has 0 atom stereocenters. The van der Waals surface area contributed by atoms with E-state index in [0.29, 0.717) is 5.92 Å². The molecular weight excluding hydrogens is 363 g/mol. The molecule has 2 heterocycles. The van der Waals surface area contributed by atoms with Crippen LogP contribution in [0.4, 0.5) is 4.39 Å². The van der Waals surface area contributed by atoms with Gasteiger partial charge in [-0.15, -0.1) is 5.10 Å². The Hall–Kier alpha value is -2.24. The molecule has 1 saturated heterocycles. The van der Waals surface area contributed by atoms with E-state index in [9.17, 15) is 4.39 Å². The standard InChI is InChI=1S/C21H22ClFN4/c22-18-3-1-16(2-4-18)9-12-26-13-10-17(11-14-26)21-15-27(25-24-21)20-7-5-19(23)6-8-20/h1-8,15,17H,9-14H2. The van der Waals surface area contributed by atoms with Crippen molar-refractivity contribution < 1.29 is 4.39 Å². The lowest BCUT2D eigenvalue weighted by atomic mass is 9.94. The zero-order chi connectivity index (χ0) is 18.6. The average molecular weight is 385 g/mol. The van der Waals surface area contributed by atoms with E-state index in [4.69, 9.17) is 11.6 Å². The van der Waals surface area contributed by atoms with E-state index < -0.39 is 0 Å². The minimum atomic E-state index is -0.245. The van der Waals surface area contributed by atoms with Crippen LogP contribution < -0.4 is 0 Å².